The van der Waals surface area contributed by atoms with E-state index in [-0.39, 0.29) is 12.8 Å². The molecule has 0 spiro atoms. The highest BCUT2D eigenvalue weighted by molar-refractivity contribution is 4.77. The van der Waals surface area contributed by atoms with Crippen molar-refractivity contribution in [2.45, 2.75) is 44.7 Å². The summed E-state index contributed by atoms with van der Waals surface area (Å²) in [7, 11) is 0. The molecule has 0 aliphatic carbocycles. The molecule has 0 amide bonds. The zero-order valence-electron chi connectivity index (χ0n) is 11.5. The van der Waals surface area contributed by atoms with Crippen LogP contribution in [-0.2, 0) is 0 Å². The lowest BCUT2D eigenvalue weighted by Crippen LogP contribution is -2.39. The van der Waals surface area contributed by atoms with Gasteiger partial charge in [-0.25, -0.2) is 0 Å². The number of hydrogen-bond acceptors (Lipinski definition) is 2. The minimum Gasteiger partial charge on any atom is -0.316 e. The molecule has 2 heterocycles. The van der Waals surface area contributed by atoms with Crippen molar-refractivity contribution in [1.82, 2.24) is 10.2 Å². The maximum absolute atomic E-state index is 12.5. The third kappa shape index (κ3) is 4.95. The molecule has 2 fully saturated rings. The van der Waals surface area contributed by atoms with Crippen molar-refractivity contribution in [3.63, 3.8) is 0 Å². The summed E-state index contributed by atoms with van der Waals surface area (Å²) >= 11 is 0. The molecule has 19 heavy (non-hydrogen) atoms. The summed E-state index contributed by atoms with van der Waals surface area (Å²) in [6, 6.07) is 0. The lowest BCUT2D eigenvalue weighted by atomic mass is 9.93. The maximum atomic E-state index is 12.5. The number of hydrogen-bond donors (Lipinski definition) is 1. The third-order valence-corrected chi connectivity index (χ3v) is 4.54. The van der Waals surface area contributed by atoms with E-state index in [1.165, 1.54) is 19.3 Å². The van der Waals surface area contributed by atoms with E-state index in [0.717, 1.165) is 32.0 Å². The minimum atomic E-state index is -3.99. The van der Waals surface area contributed by atoms with Gasteiger partial charge in [-0.15, -0.1) is 0 Å². The molecule has 0 aromatic carbocycles. The van der Waals surface area contributed by atoms with Crippen molar-refractivity contribution in [1.29, 1.82) is 0 Å². The van der Waals surface area contributed by atoms with Gasteiger partial charge in [-0.3, -0.25) is 0 Å². The Kier molecular flexibility index (Phi) is 5.51. The van der Waals surface area contributed by atoms with Gasteiger partial charge < -0.3 is 10.2 Å². The number of rotatable bonds is 4. The predicted molar refractivity (Wildman–Crippen MR) is 70.0 cm³/mol. The number of likely N-dealkylation sites (tertiary alicyclic amines) is 1. The van der Waals surface area contributed by atoms with Gasteiger partial charge in [-0.1, -0.05) is 0 Å². The van der Waals surface area contributed by atoms with Gasteiger partial charge in [0.15, 0.2) is 0 Å². The van der Waals surface area contributed by atoms with E-state index in [2.05, 4.69) is 10.2 Å². The van der Waals surface area contributed by atoms with Crippen LogP contribution in [0.5, 0.6) is 0 Å². The number of piperidine rings is 2. The molecule has 2 aliphatic heterocycles. The van der Waals surface area contributed by atoms with Crippen molar-refractivity contribution in [3.8, 4) is 0 Å². The Hall–Kier alpha value is -0.290. The van der Waals surface area contributed by atoms with Crippen molar-refractivity contribution in [2.75, 3.05) is 32.7 Å². The second-order valence-corrected chi connectivity index (χ2v) is 6.01. The van der Waals surface area contributed by atoms with Crippen molar-refractivity contribution in [2.24, 2.45) is 11.8 Å². The molecular weight excluding hydrogens is 253 g/mol. The normalized spacial score (nSPS) is 27.6. The summed E-state index contributed by atoms with van der Waals surface area (Å²) in [4.78, 5) is 2.21. The summed E-state index contributed by atoms with van der Waals surface area (Å²) in [5, 5.41) is 3.41. The molecule has 0 radical (unpaired) electrons. The van der Waals surface area contributed by atoms with Crippen LogP contribution in [-0.4, -0.2) is 43.8 Å². The SMILES string of the molecule is FC(F)(F)C1CCN(CCCC2CCCNC2)CC1. The van der Waals surface area contributed by atoms with E-state index in [9.17, 15) is 13.2 Å². The van der Waals surface area contributed by atoms with E-state index in [0.29, 0.717) is 13.1 Å². The van der Waals surface area contributed by atoms with Gasteiger partial charge in [-0.05, 0) is 77.2 Å². The topological polar surface area (TPSA) is 15.3 Å². The standard InChI is InChI=1S/C14H25F3N2/c15-14(16,17)13-5-9-19(10-6-13)8-2-4-12-3-1-7-18-11-12/h12-13,18H,1-11H2. The predicted octanol–water partition coefficient (Wildman–Crippen LogP) is 3.04. The van der Waals surface area contributed by atoms with Crippen molar-refractivity contribution >= 4 is 0 Å². The molecule has 2 saturated heterocycles. The van der Waals surface area contributed by atoms with E-state index >= 15 is 0 Å². The fourth-order valence-electron chi connectivity index (χ4n) is 3.26. The second kappa shape index (κ2) is 6.93. The Balaban J connectivity index is 1.58. The molecule has 2 nitrogen and oxygen atoms in total. The molecule has 1 N–H and O–H groups in total. The molecule has 5 heteroatoms. The summed E-state index contributed by atoms with van der Waals surface area (Å²) in [6.07, 6.45) is 1.50. The molecule has 0 aromatic heterocycles. The Bertz CT molecular complexity index is 254. The monoisotopic (exact) mass is 278 g/mol. The number of nitrogens with zero attached hydrogens (tertiary/aromatic N) is 1. The molecule has 112 valence electrons. The summed E-state index contributed by atoms with van der Waals surface area (Å²) in [5.41, 5.74) is 0. The highest BCUT2D eigenvalue weighted by atomic mass is 19.4. The first-order valence-corrected chi connectivity index (χ1v) is 7.55. The summed E-state index contributed by atoms with van der Waals surface area (Å²) in [5.74, 6) is -0.284. The van der Waals surface area contributed by atoms with Crippen LogP contribution < -0.4 is 5.32 Å². The Morgan fingerprint density at radius 3 is 2.42 bits per heavy atom. The van der Waals surface area contributed by atoms with Crippen molar-refractivity contribution in [3.05, 3.63) is 0 Å². The summed E-state index contributed by atoms with van der Waals surface area (Å²) in [6.45, 7) is 4.47. The van der Waals surface area contributed by atoms with Crippen LogP contribution in [0.2, 0.25) is 0 Å². The number of nitrogens with one attached hydrogen (secondary N) is 1. The van der Waals surface area contributed by atoms with E-state index in [4.69, 9.17) is 0 Å². The molecule has 0 saturated carbocycles. The fraction of sp³-hybridized carbons (Fsp3) is 1.00. The first-order valence-electron chi connectivity index (χ1n) is 7.55. The minimum absolute atomic E-state index is 0.286. The third-order valence-electron chi connectivity index (χ3n) is 4.54. The van der Waals surface area contributed by atoms with Crippen LogP contribution in [0.4, 0.5) is 13.2 Å². The lowest BCUT2D eigenvalue weighted by molar-refractivity contribution is -0.185. The smallest absolute Gasteiger partial charge is 0.316 e. The van der Waals surface area contributed by atoms with Gasteiger partial charge in [0.1, 0.15) is 0 Å². The van der Waals surface area contributed by atoms with Crippen LogP contribution in [0, 0.1) is 11.8 Å². The second-order valence-electron chi connectivity index (χ2n) is 6.01. The van der Waals surface area contributed by atoms with Crippen LogP contribution >= 0.6 is 0 Å². The largest absolute Gasteiger partial charge is 0.391 e. The lowest BCUT2D eigenvalue weighted by Gasteiger charge is -2.33. The molecule has 1 unspecified atom stereocenters. The van der Waals surface area contributed by atoms with E-state index < -0.39 is 12.1 Å². The number of alkyl halides is 3. The van der Waals surface area contributed by atoms with Gasteiger partial charge >= 0.3 is 6.18 Å². The fourth-order valence-corrected chi connectivity index (χ4v) is 3.26. The van der Waals surface area contributed by atoms with E-state index in [1.807, 2.05) is 0 Å². The highest BCUT2D eigenvalue weighted by Gasteiger charge is 2.40. The van der Waals surface area contributed by atoms with E-state index in [1.54, 1.807) is 0 Å². The van der Waals surface area contributed by atoms with Crippen LogP contribution in [0.3, 0.4) is 0 Å². The zero-order valence-corrected chi connectivity index (χ0v) is 11.5. The Labute approximate surface area is 113 Å². The Morgan fingerprint density at radius 2 is 1.84 bits per heavy atom. The van der Waals surface area contributed by atoms with Crippen LogP contribution in [0.1, 0.15) is 38.5 Å². The maximum Gasteiger partial charge on any atom is 0.391 e. The molecule has 1 atom stereocenters. The molecule has 2 aliphatic rings. The summed E-state index contributed by atoms with van der Waals surface area (Å²) < 4.78 is 37.6. The number of halogens is 3. The average Bonchev–Trinajstić information content (AvgIpc) is 2.39. The average molecular weight is 278 g/mol. The highest BCUT2D eigenvalue weighted by Crippen LogP contribution is 2.34. The van der Waals surface area contributed by atoms with Gasteiger partial charge in [0.25, 0.3) is 0 Å². The van der Waals surface area contributed by atoms with Gasteiger partial charge in [0, 0.05) is 0 Å². The molecule has 2 rings (SSSR count). The van der Waals surface area contributed by atoms with Gasteiger partial charge in [0.05, 0.1) is 5.92 Å². The molecule has 0 aromatic rings. The van der Waals surface area contributed by atoms with Crippen LogP contribution in [0.25, 0.3) is 0 Å². The zero-order chi connectivity index (χ0) is 13.7. The van der Waals surface area contributed by atoms with Gasteiger partial charge in [0.2, 0.25) is 0 Å². The first kappa shape index (κ1) is 15.1. The molecule has 0 bridgehead atoms. The van der Waals surface area contributed by atoms with Crippen LogP contribution in [0.15, 0.2) is 0 Å². The van der Waals surface area contributed by atoms with Crippen molar-refractivity contribution < 1.29 is 13.2 Å². The molecular formula is C14H25F3N2. The first-order chi connectivity index (χ1) is 9.05. The van der Waals surface area contributed by atoms with Gasteiger partial charge in [-0.2, -0.15) is 13.2 Å². The Morgan fingerprint density at radius 1 is 1.11 bits per heavy atom. The quantitative estimate of drug-likeness (QED) is 0.850.